The third-order valence-electron chi connectivity index (χ3n) is 3.04. The molecule has 2 aromatic heterocycles. The molecule has 0 aliphatic heterocycles. The third-order valence-corrected chi connectivity index (χ3v) is 3.78. The van der Waals surface area contributed by atoms with E-state index in [1.54, 1.807) is 0 Å². The Morgan fingerprint density at radius 3 is 2.48 bits per heavy atom. The molecule has 104 valence electrons. The van der Waals surface area contributed by atoms with Gasteiger partial charge in [0.2, 0.25) is 0 Å². The van der Waals surface area contributed by atoms with Crippen LogP contribution < -0.4 is 5.56 Å². The molecule has 0 aliphatic carbocycles. The number of rotatable bonds is 2. The van der Waals surface area contributed by atoms with Gasteiger partial charge in [0, 0.05) is 11.3 Å². The number of nitrogens with zero attached hydrogens (tertiary/aromatic N) is 2. The highest BCUT2D eigenvalue weighted by atomic mass is 79.9. The summed E-state index contributed by atoms with van der Waals surface area (Å²) in [6, 6.07) is 15.2. The van der Waals surface area contributed by atoms with Crippen molar-refractivity contribution in [1.82, 2.24) is 15.0 Å². The van der Waals surface area contributed by atoms with Gasteiger partial charge in [0.05, 0.1) is 5.69 Å². The minimum Gasteiger partial charge on any atom is -0.304 e. The van der Waals surface area contributed by atoms with Crippen LogP contribution in [-0.2, 0) is 0 Å². The molecule has 5 heteroatoms. The average molecular weight is 342 g/mol. The molecule has 3 rings (SSSR count). The van der Waals surface area contributed by atoms with Crippen LogP contribution in [0.5, 0.6) is 0 Å². The molecule has 21 heavy (non-hydrogen) atoms. The van der Waals surface area contributed by atoms with Crippen molar-refractivity contribution in [2.75, 3.05) is 0 Å². The highest BCUT2D eigenvalue weighted by molar-refractivity contribution is 9.10. The van der Waals surface area contributed by atoms with Crippen molar-refractivity contribution in [3.8, 4) is 22.8 Å². The summed E-state index contributed by atoms with van der Waals surface area (Å²) in [6.45, 7) is 1.90. The molecule has 0 saturated carbocycles. The minimum atomic E-state index is -0.220. The zero-order chi connectivity index (χ0) is 14.8. The standard InChI is InChI=1S/C16H12BrN3O/c1-10-6-5-9-12(18-10)15-19-14(13(17)16(21)20-15)11-7-3-2-4-8-11/h2-9H,1H3,(H,19,20,21). The van der Waals surface area contributed by atoms with Gasteiger partial charge in [0.1, 0.15) is 10.2 Å². The number of pyridine rings is 1. The maximum absolute atomic E-state index is 12.1. The van der Waals surface area contributed by atoms with Gasteiger partial charge in [-0.05, 0) is 35.0 Å². The smallest absolute Gasteiger partial charge is 0.266 e. The predicted molar refractivity (Wildman–Crippen MR) is 86.0 cm³/mol. The second kappa shape index (κ2) is 5.61. The first-order valence-corrected chi connectivity index (χ1v) is 7.24. The molecule has 1 N–H and O–H groups in total. The Bertz CT molecular complexity index is 844. The summed E-state index contributed by atoms with van der Waals surface area (Å²) in [5.41, 5.74) is 2.79. The molecule has 0 fully saturated rings. The highest BCUT2D eigenvalue weighted by Crippen LogP contribution is 2.24. The molecule has 0 atom stereocenters. The molecule has 0 spiro atoms. The Kier molecular flexibility index (Phi) is 3.66. The molecule has 0 radical (unpaired) electrons. The van der Waals surface area contributed by atoms with E-state index in [2.05, 4.69) is 30.9 Å². The van der Waals surface area contributed by atoms with Crippen LogP contribution in [0.1, 0.15) is 5.69 Å². The van der Waals surface area contributed by atoms with Crippen LogP contribution in [0.3, 0.4) is 0 Å². The summed E-state index contributed by atoms with van der Waals surface area (Å²) < 4.78 is 0.421. The zero-order valence-electron chi connectivity index (χ0n) is 11.3. The summed E-state index contributed by atoms with van der Waals surface area (Å²) in [4.78, 5) is 23.8. The van der Waals surface area contributed by atoms with Crippen LogP contribution in [0.2, 0.25) is 0 Å². The summed E-state index contributed by atoms with van der Waals surface area (Å²) >= 11 is 3.31. The van der Waals surface area contributed by atoms with E-state index in [9.17, 15) is 4.79 Å². The first-order chi connectivity index (χ1) is 10.1. The molecule has 2 heterocycles. The van der Waals surface area contributed by atoms with Gasteiger partial charge in [-0.25, -0.2) is 9.97 Å². The second-order valence-corrected chi connectivity index (χ2v) is 5.40. The van der Waals surface area contributed by atoms with E-state index in [1.807, 2.05) is 55.5 Å². The topological polar surface area (TPSA) is 58.6 Å². The van der Waals surface area contributed by atoms with Crippen molar-refractivity contribution in [3.63, 3.8) is 0 Å². The number of aryl methyl sites for hydroxylation is 1. The first kappa shape index (κ1) is 13.7. The van der Waals surface area contributed by atoms with Crippen LogP contribution in [-0.4, -0.2) is 15.0 Å². The van der Waals surface area contributed by atoms with E-state index in [0.717, 1.165) is 11.3 Å². The maximum atomic E-state index is 12.1. The van der Waals surface area contributed by atoms with Crippen molar-refractivity contribution >= 4 is 15.9 Å². The molecule has 0 unspecified atom stereocenters. The van der Waals surface area contributed by atoms with Crippen molar-refractivity contribution in [2.45, 2.75) is 6.92 Å². The van der Waals surface area contributed by atoms with E-state index in [-0.39, 0.29) is 5.56 Å². The Balaban J connectivity index is 2.21. The highest BCUT2D eigenvalue weighted by Gasteiger charge is 2.12. The number of hydrogen-bond acceptors (Lipinski definition) is 3. The second-order valence-electron chi connectivity index (χ2n) is 4.61. The Morgan fingerprint density at radius 1 is 1.00 bits per heavy atom. The fraction of sp³-hybridized carbons (Fsp3) is 0.0625. The van der Waals surface area contributed by atoms with E-state index < -0.39 is 0 Å². The van der Waals surface area contributed by atoms with E-state index in [1.165, 1.54) is 0 Å². The number of benzene rings is 1. The minimum absolute atomic E-state index is 0.220. The zero-order valence-corrected chi connectivity index (χ0v) is 12.9. The van der Waals surface area contributed by atoms with Crippen LogP contribution >= 0.6 is 15.9 Å². The van der Waals surface area contributed by atoms with E-state index >= 15 is 0 Å². The lowest BCUT2D eigenvalue weighted by Gasteiger charge is -2.07. The largest absolute Gasteiger partial charge is 0.304 e. The fourth-order valence-corrected chi connectivity index (χ4v) is 2.46. The van der Waals surface area contributed by atoms with Crippen molar-refractivity contribution < 1.29 is 0 Å². The predicted octanol–water partition coefficient (Wildman–Crippen LogP) is 3.57. The molecule has 4 nitrogen and oxygen atoms in total. The van der Waals surface area contributed by atoms with Crippen molar-refractivity contribution in [3.05, 3.63) is 69.1 Å². The summed E-state index contributed by atoms with van der Waals surface area (Å²) in [6.07, 6.45) is 0. The number of halogens is 1. The van der Waals surface area contributed by atoms with Gasteiger partial charge >= 0.3 is 0 Å². The Labute approximate surface area is 130 Å². The lowest BCUT2D eigenvalue weighted by Crippen LogP contribution is -2.12. The van der Waals surface area contributed by atoms with Gasteiger partial charge < -0.3 is 4.98 Å². The monoisotopic (exact) mass is 341 g/mol. The Hall–Kier alpha value is -2.27. The first-order valence-electron chi connectivity index (χ1n) is 6.44. The number of aromatic nitrogens is 3. The average Bonchev–Trinajstić information content (AvgIpc) is 2.51. The number of hydrogen-bond donors (Lipinski definition) is 1. The fourth-order valence-electron chi connectivity index (χ4n) is 2.04. The third kappa shape index (κ3) is 2.78. The van der Waals surface area contributed by atoms with Gasteiger partial charge in [-0.15, -0.1) is 0 Å². The SMILES string of the molecule is Cc1cccc(-c2nc(-c3ccccc3)c(Br)c(=O)[nH]2)n1. The summed E-state index contributed by atoms with van der Waals surface area (Å²) in [7, 11) is 0. The molecule has 0 aliphatic rings. The van der Waals surface area contributed by atoms with Crippen molar-refractivity contribution in [2.24, 2.45) is 0 Å². The molecule has 0 amide bonds. The number of H-pyrrole nitrogens is 1. The maximum Gasteiger partial charge on any atom is 0.266 e. The molecule has 1 aromatic carbocycles. The van der Waals surface area contributed by atoms with Gasteiger partial charge in [-0.3, -0.25) is 4.79 Å². The van der Waals surface area contributed by atoms with Gasteiger partial charge in [-0.1, -0.05) is 36.4 Å². The van der Waals surface area contributed by atoms with Gasteiger partial charge in [0.25, 0.3) is 5.56 Å². The number of aromatic amines is 1. The van der Waals surface area contributed by atoms with E-state index in [4.69, 9.17) is 0 Å². The normalized spacial score (nSPS) is 10.6. The van der Waals surface area contributed by atoms with Crippen molar-refractivity contribution in [1.29, 1.82) is 0 Å². The molecule has 3 aromatic rings. The number of nitrogens with one attached hydrogen (secondary N) is 1. The van der Waals surface area contributed by atoms with Gasteiger partial charge in [-0.2, -0.15) is 0 Å². The lowest BCUT2D eigenvalue weighted by atomic mass is 10.1. The van der Waals surface area contributed by atoms with Crippen LogP contribution in [0.25, 0.3) is 22.8 Å². The van der Waals surface area contributed by atoms with Crippen LogP contribution in [0.4, 0.5) is 0 Å². The van der Waals surface area contributed by atoms with Gasteiger partial charge in [0.15, 0.2) is 5.82 Å². The summed E-state index contributed by atoms with van der Waals surface area (Å²) in [5.74, 6) is 0.464. The van der Waals surface area contributed by atoms with Crippen LogP contribution in [0, 0.1) is 6.92 Å². The quantitative estimate of drug-likeness (QED) is 0.775. The molecular formula is C16H12BrN3O. The molecule has 0 bridgehead atoms. The van der Waals surface area contributed by atoms with Crippen LogP contribution in [0.15, 0.2) is 57.8 Å². The van der Waals surface area contributed by atoms with E-state index in [0.29, 0.717) is 21.7 Å². The lowest BCUT2D eigenvalue weighted by molar-refractivity contribution is 1.08. The summed E-state index contributed by atoms with van der Waals surface area (Å²) in [5, 5.41) is 0. The molecule has 0 saturated heterocycles. The Morgan fingerprint density at radius 2 is 1.76 bits per heavy atom. The molecular weight excluding hydrogens is 330 g/mol.